The molecule has 1 aromatic carbocycles. The van der Waals surface area contributed by atoms with Crippen LogP contribution in [0.25, 0.3) is 0 Å². The van der Waals surface area contributed by atoms with Crippen LogP contribution in [0.15, 0.2) is 18.2 Å². The summed E-state index contributed by atoms with van der Waals surface area (Å²) in [5.41, 5.74) is 0.304. The van der Waals surface area contributed by atoms with Gasteiger partial charge in [-0.05, 0) is 24.6 Å². The maximum absolute atomic E-state index is 11.9. The van der Waals surface area contributed by atoms with Gasteiger partial charge in [0.25, 0.3) is 5.91 Å². The van der Waals surface area contributed by atoms with Gasteiger partial charge in [-0.3, -0.25) is 9.59 Å². The summed E-state index contributed by atoms with van der Waals surface area (Å²) in [5, 5.41) is 5.62. The van der Waals surface area contributed by atoms with E-state index >= 15 is 0 Å². The number of methoxy groups -OCH3 is 1. The normalized spacial score (nSPS) is 9.84. The Labute approximate surface area is 117 Å². The molecule has 0 saturated carbocycles. The van der Waals surface area contributed by atoms with Gasteiger partial charge in [-0.2, -0.15) is 0 Å². The third-order valence-corrected chi connectivity index (χ3v) is 2.62. The minimum absolute atomic E-state index is 0.0749. The first-order chi connectivity index (χ1) is 9.08. The largest absolute Gasteiger partial charge is 0.496 e. The summed E-state index contributed by atoms with van der Waals surface area (Å²) in [6.45, 7) is 2.47. The summed E-state index contributed by atoms with van der Waals surface area (Å²) in [6, 6.07) is 4.74. The van der Waals surface area contributed by atoms with Crippen molar-refractivity contribution in [2.24, 2.45) is 0 Å². The number of carbonyl (C=O) groups is 2. The lowest BCUT2D eigenvalue weighted by atomic mass is 10.2. The van der Waals surface area contributed by atoms with Crippen LogP contribution >= 0.6 is 11.6 Å². The Kier molecular flexibility index (Phi) is 6.15. The average molecular weight is 285 g/mol. The quantitative estimate of drug-likeness (QED) is 0.834. The van der Waals surface area contributed by atoms with Crippen LogP contribution < -0.4 is 15.4 Å². The molecule has 5 nitrogen and oxygen atoms in total. The zero-order valence-electron chi connectivity index (χ0n) is 11.0. The van der Waals surface area contributed by atoms with Gasteiger partial charge >= 0.3 is 0 Å². The van der Waals surface area contributed by atoms with Gasteiger partial charge in [-0.25, -0.2) is 0 Å². The number of hydrogen-bond acceptors (Lipinski definition) is 3. The summed E-state index contributed by atoms with van der Waals surface area (Å²) in [5.74, 6) is -0.210. The molecule has 0 saturated heterocycles. The Bertz CT molecular complexity index is 463. The second kappa shape index (κ2) is 7.63. The van der Waals surface area contributed by atoms with Crippen molar-refractivity contribution in [2.45, 2.75) is 13.3 Å². The predicted octanol–water partition coefficient (Wildman–Crippen LogP) is 1.60. The molecule has 2 N–H and O–H groups in total. The van der Waals surface area contributed by atoms with Gasteiger partial charge in [0, 0.05) is 11.6 Å². The first-order valence-corrected chi connectivity index (χ1v) is 6.34. The van der Waals surface area contributed by atoms with Crippen molar-refractivity contribution in [3.05, 3.63) is 28.8 Å². The summed E-state index contributed by atoms with van der Waals surface area (Å²) < 4.78 is 5.07. The van der Waals surface area contributed by atoms with E-state index in [9.17, 15) is 9.59 Å². The van der Waals surface area contributed by atoms with Crippen molar-refractivity contribution >= 4 is 23.4 Å². The molecule has 0 unspecified atom stereocenters. The fourth-order valence-electron chi connectivity index (χ4n) is 1.44. The number of amides is 2. The fraction of sp³-hybridized carbons (Fsp3) is 0.385. The van der Waals surface area contributed by atoms with Crippen LogP contribution in [0.2, 0.25) is 5.02 Å². The molecular weight excluding hydrogens is 268 g/mol. The predicted molar refractivity (Wildman–Crippen MR) is 73.6 cm³/mol. The first-order valence-electron chi connectivity index (χ1n) is 5.97. The molecule has 0 bridgehead atoms. The Balaban J connectivity index is 2.63. The highest BCUT2D eigenvalue weighted by molar-refractivity contribution is 6.31. The van der Waals surface area contributed by atoms with Crippen LogP contribution in [0.4, 0.5) is 0 Å². The molecule has 1 rings (SSSR count). The number of carbonyl (C=O) groups excluding carboxylic acids is 2. The molecule has 0 spiro atoms. The molecule has 0 heterocycles. The number of ether oxygens (including phenoxy) is 1. The third-order valence-electron chi connectivity index (χ3n) is 2.39. The molecule has 2 amide bonds. The molecule has 19 heavy (non-hydrogen) atoms. The van der Waals surface area contributed by atoms with Crippen molar-refractivity contribution in [2.75, 3.05) is 20.2 Å². The Morgan fingerprint density at radius 3 is 2.68 bits per heavy atom. The van der Waals surface area contributed by atoms with Crippen molar-refractivity contribution < 1.29 is 14.3 Å². The van der Waals surface area contributed by atoms with E-state index in [2.05, 4.69) is 10.6 Å². The van der Waals surface area contributed by atoms with Crippen molar-refractivity contribution in [3.8, 4) is 5.75 Å². The number of halogens is 1. The number of rotatable bonds is 6. The van der Waals surface area contributed by atoms with E-state index in [1.165, 1.54) is 13.2 Å². The van der Waals surface area contributed by atoms with E-state index in [1.54, 1.807) is 12.1 Å². The highest BCUT2D eigenvalue weighted by Gasteiger charge is 2.13. The van der Waals surface area contributed by atoms with Gasteiger partial charge < -0.3 is 15.4 Å². The maximum Gasteiger partial charge on any atom is 0.255 e. The molecule has 104 valence electrons. The monoisotopic (exact) mass is 284 g/mol. The smallest absolute Gasteiger partial charge is 0.255 e. The van der Waals surface area contributed by atoms with Gasteiger partial charge in [0.1, 0.15) is 5.75 Å². The summed E-state index contributed by atoms with van der Waals surface area (Å²) in [6.07, 6.45) is 0.849. The fourth-order valence-corrected chi connectivity index (χ4v) is 1.61. The second-order valence-electron chi connectivity index (χ2n) is 3.88. The number of nitrogens with one attached hydrogen (secondary N) is 2. The topological polar surface area (TPSA) is 67.4 Å². The molecule has 0 aliphatic rings. The Morgan fingerprint density at radius 2 is 2.05 bits per heavy atom. The second-order valence-corrected chi connectivity index (χ2v) is 4.31. The molecule has 0 fully saturated rings. The molecule has 0 radical (unpaired) electrons. The van der Waals surface area contributed by atoms with E-state index in [4.69, 9.17) is 16.3 Å². The summed E-state index contributed by atoms with van der Waals surface area (Å²) in [4.78, 5) is 23.3. The summed E-state index contributed by atoms with van der Waals surface area (Å²) >= 11 is 5.83. The van der Waals surface area contributed by atoms with Gasteiger partial charge in [-0.15, -0.1) is 0 Å². The van der Waals surface area contributed by atoms with E-state index in [1.807, 2.05) is 6.92 Å². The Morgan fingerprint density at radius 1 is 1.32 bits per heavy atom. The van der Waals surface area contributed by atoms with E-state index < -0.39 is 5.91 Å². The van der Waals surface area contributed by atoms with Crippen LogP contribution in [-0.4, -0.2) is 32.0 Å². The van der Waals surface area contributed by atoms with Gasteiger partial charge in [0.15, 0.2) is 0 Å². The van der Waals surface area contributed by atoms with Gasteiger partial charge in [0.05, 0.1) is 19.2 Å². The van der Waals surface area contributed by atoms with E-state index in [0.29, 0.717) is 22.9 Å². The zero-order valence-corrected chi connectivity index (χ0v) is 11.7. The Hall–Kier alpha value is -1.75. The number of benzene rings is 1. The van der Waals surface area contributed by atoms with E-state index in [0.717, 1.165) is 6.42 Å². The lowest BCUT2D eigenvalue weighted by Crippen LogP contribution is -2.37. The van der Waals surface area contributed by atoms with Crippen LogP contribution in [0.1, 0.15) is 23.7 Å². The number of hydrogen-bond donors (Lipinski definition) is 2. The van der Waals surface area contributed by atoms with Crippen LogP contribution in [0, 0.1) is 0 Å². The molecule has 1 aromatic rings. The molecule has 0 atom stereocenters. The summed E-state index contributed by atoms with van der Waals surface area (Å²) in [7, 11) is 1.47. The molecule has 0 aliphatic heterocycles. The van der Waals surface area contributed by atoms with Crippen LogP contribution in [0.3, 0.4) is 0 Å². The third kappa shape index (κ3) is 4.79. The first kappa shape index (κ1) is 15.3. The van der Waals surface area contributed by atoms with Crippen molar-refractivity contribution in [1.29, 1.82) is 0 Å². The van der Waals surface area contributed by atoms with Crippen molar-refractivity contribution in [3.63, 3.8) is 0 Å². The lowest BCUT2D eigenvalue weighted by Gasteiger charge is -2.09. The maximum atomic E-state index is 11.9. The molecular formula is C13H17ClN2O3. The lowest BCUT2D eigenvalue weighted by molar-refractivity contribution is -0.120. The minimum atomic E-state index is -0.397. The van der Waals surface area contributed by atoms with Crippen LogP contribution in [-0.2, 0) is 4.79 Å². The zero-order chi connectivity index (χ0) is 14.3. The molecule has 0 aromatic heterocycles. The van der Waals surface area contributed by atoms with Crippen LogP contribution in [0.5, 0.6) is 5.75 Å². The van der Waals surface area contributed by atoms with E-state index in [-0.39, 0.29) is 12.5 Å². The van der Waals surface area contributed by atoms with Crippen molar-refractivity contribution in [1.82, 2.24) is 10.6 Å². The minimum Gasteiger partial charge on any atom is -0.496 e. The molecule has 6 heteroatoms. The SMILES string of the molecule is CCCNC(=O)CNC(=O)c1cc(Cl)ccc1OC. The highest BCUT2D eigenvalue weighted by atomic mass is 35.5. The van der Waals surface area contributed by atoms with Gasteiger partial charge in [-0.1, -0.05) is 18.5 Å². The highest BCUT2D eigenvalue weighted by Crippen LogP contribution is 2.22. The molecule has 0 aliphatic carbocycles. The average Bonchev–Trinajstić information content (AvgIpc) is 2.42. The van der Waals surface area contributed by atoms with Gasteiger partial charge in [0.2, 0.25) is 5.91 Å². The standard InChI is InChI=1S/C13H17ClN2O3/c1-3-6-15-12(17)8-16-13(18)10-7-9(14)4-5-11(10)19-2/h4-5,7H,3,6,8H2,1-2H3,(H,15,17)(H,16,18).